The molecular formula is C24H32NO6P. The molecule has 0 bridgehead atoms. The second kappa shape index (κ2) is 13.0. The van der Waals surface area contributed by atoms with Crippen molar-refractivity contribution in [1.82, 2.24) is 5.32 Å². The Kier molecular flexibility index (Phi) is 10.4. The van der Waals surface area contributed by atoms with Crippen molar-refractivity contribution in [1.29, 1.82) is 0 Å². The van der Waals surface area contributed by atoms with Crippen molar-refractivity contribution in [3.05, 3.63) is 71.8 Å². The van der Waals surface area contributed by atoms with Crippen LogP contribution in [0, 0.1) is 5.92 Å². The summed E-state index contributed by atoms with van der Waals surface area (Å²) in [6.07, 6.45) is 1.31. The van der Waals surface area contributed by atoms with Crippen molar-refractivity contribution in [3.8, 4) is 0 Å². The summed E-state index contributed by atoms with van der Waals surface area (Å²) in [5.41, 5.74) is 2.01. The lowest BCUT2D eigenvalue weighted by Gasteiger charge is -2.27. The molecule has 2 aromatic carbocycles. The van der Waals surface area contributed by atoms with Gasteiger partial charge in [0.25, 0.3) is 0 Å². The van der Waals surface area contributed by atoms with E-state index in [1.807, 2.05) is 60.7 Å². The molecule has 0 saturated carbocycles. The summed E-state index contributed by atoms with van der Waals surface area (Å²) in [6, 6.07) is 19.2. The SMILES string of the molecule is COC(=O)C(CCCc1ccccc1)CP(=O)(OC)C(C)NC(=O)OCc1ccccc1. The highest BCUT2D eigenvalue weighted by molar-refractivity contribution is 7.59. The normalized spacial score (nSPS) is 14.6. The fourth-order valence-electron chi connectivity index (χ4n) is 3.38. The fraction of sp³-hybridized carbons (Fsp3) is 0.417. The lowest BCUT2D eigenvalue weighted by molar-refractivity contribution is -0.145. The molecule has 0 aromatic heterocycles. The quantitative estimate of drug-likeness (QED) is 0.354. The van der Waals surface area contributed by atoms with E-state index < -0.39 is 31.1 Å². The fourth-order valence-corrected chi connectivity index (χ4v) is 5.41. The van der Waals surface area contributed by atoms with Crippen LogP contribution in [-0.4, -0.2) is 38.2 Å². The minimum absolute atomic E-state index is 0.0227. The monoisotopic (exact) mass is 461 g/mol. The zero-order valence-electron chi connectivity index (χ0n) is 18.9. The van der Waals surface area contributed by atoms with Gasteiger partial charge in [-0.1, -0.05) is 60.7 Å². The number of rotatable bonds is 12. The van der Waals surface area contributed by atoms with Gasteiger partial charge in [0.05, 0.1) is 13.0 Å². The second-order valence-electron chi connectivity index (χ2n) is 7.57. The smallest absolute Gasteiger partial charge is 0.408 e. The Labute approximate surface area is 189 Å². The predicted octanol–water partition coefficient (Wildman–Crippen LogP) is 5.00. The van der Waals surface area contributed by atoms with Crippen molar-refractivity contribution in [2.45, 2.75) is 38.6 Å². The third-order valence-electron chi connectivity index (χ3n) is 5.31. The van der Waals surface area contributed by atoms with E-state index in [0.717, 1.165) is 18.4 Å². The van der Waals surface area contributed by atoms with E-state index in [1.54, 1.807) is 6.92 Å². The van der Waals surface area contributed by atoms with Gasteiger partial charge in [0.2, 0.25) is 7.37 Å². The lowest BCUT2D eigenvalue weighted by atomic mass is 10.0. The van der Waals surface area contributed by atoms with Crippen LogP contribution >= 0.6 is 7.37 Å². The molecule has 0 saturated heterocycles. The molecule has 7 nitrogen and oxygen atoms in total. The molecule has 0 radical (unpaired) electrons. The molecule has 0 aliphatic rings. The highest BCUT2D eigenvalue weighted by Crippen LogP contribution is 2.52. The molecule has 0 spiro atoms. The van der Waals surface area contributed by atoms with E-state index in [0.29, 0.717) is 6.42 Å². The summed E-state index contributed by atoms with van der Waals surface area (Å²) in [6.45, 7) is 1.69. The Morgan fingerprint density at radius 3 is 2.12 bits per heavy atom. The first-order chi connectivity index (χ1) is 15.4. The maximum Gasteiger partial charge on any atom is 0.408 e. The summed E-state index contributed by atoms with van der Waals surface area (Å²) in [7, 11) is -0.751. The number of esters is 1. The number of nitrogens with one attached hydrogen (secondary N) is 1. The number of ether oxygens (including phenoxy) is 2. The molecule has 0 heterocycles. The average Bonchev–Trinajstić information content (AvgIpc) is 2.82. The van der Waals surface area contributed by atoms with Crippen molar-refractivity contribution >= 4 is 19.4 Å². The number of aryl methyl sites for hydroxylation is 1. The van der Waals surface area contributed by atoms with E-state index in [4.69, 9.17) is 14.0 Å². The van der Waals surface area contributed by atoms with E-state index in [2.05, 4.69) is 5.32 Å². The number of alkyl carbamates (subject to hydrolysis) is 1. The Bertz CT molecular complexity index is 890. The summed E-state index contributed by atoms with van der Waals surface area (Å²) >= 11 is 0. The third-order valence-corrected chi connectivity index (χ3v) is 8.19. The molecule has 8 heteroatoms. The minimum Gasteiger partial charge on any atom is -0.469 e. The summed E-state index contributed by atoms with van der Waals surface area (Å²) in [5.74, 6) is -1.86. The third kappa shape index (κ3) is 8.13. The topological polar surface area (TPSA) is 90.9 Å². The van der Waals surface area contributed by atoms with Crippen LogP contribution in [0.5, 0.6) is 0 Å². The molecule has 3 atom stereocenters. The Morgan fingerprint density at radius 2 is 1.56 bits per heavy atom. The molecule has 1 N–H and O–H groups in total. The van der Waals surface area contributed by atoms with Crippen molar-refractivity contribution in [2.75, 3.05) is 20.4 Å². The van der Waals surface area contributed by atoms with Crippen LogP contribution in [0.15, 0.2) is 60.7 Å². The van der Waals surface area contributed by atoms with Crippen LogP contribution in [0.25, 0.3) is 0 Å². The summed E-state index contributed by atoms with van der Waals surface area (Å²) in [5, 5.41) is 2.58. The summed E-state index contributed by atoms with van der Waals surface area (Å²) < 4.78 is 28.9. The van der Waals surface area contributed by atoms with Gasteiger partial charge in [-0.05, 0) is 37.3 Å². The second-order valence-corrected chi connectivity index (χ2v) is 10.5. The largest absolute Gasteiger partial charge is 0.469 e. The van der Waals surface area contributed by atoms with Gasteiger partial charge in [0.1, 0.15) is 12.4 Å². The first kappa shape index (κ1) is 25.6. The molecule has 0 aliphatic carbocycles. The highest BCUT2D eigenvalue weighted by atomic mass is 31.2. The van der Waals surface area contributed by atoms with Crippen LogP contribution in [0.1, 0.15) is 30.9 Å². The standard InChI is InChI=1S/C24H32NO6P/c1-19(25-24(27)31-17-21-13-8-5-9-14-21)32(28,30-3)18-22(23(26)29-2)16-10-15-20-11-6-4-7-12-20/h4-9,11-14,19,22H,10,15-18H2,1-3H3,(H,25,27). The molecule has 2 aromatic rings. The number of carbonyl (C=O) groups excluding carboxylic acids is 2. The maximum absolute atomic E-state index is 13.5. The molecule has 2 rings (SSSR count). The van der Waals surface area contributed by atoms with Gasteiger partial charge in [0, 0.05) is 13.3 Å². The van der Waals surface area contributed by atoms with E-state index >= 15 is 0 Å². The molecule has 174 valence electrons. The van der Waals surface area contributed by atoms with Crippen LogP contribution in [-0.2, 0) is 36.4 Å². The zero-order valence-corrected chi connectivity index (χ0v) is 19.8. The number of amides is 1. The number of methoxy groups -OCH3 is 1. The first-order valence-electron chi connectivity index (χ1n) is 10.6. The van der Waals surface area contributed by atoms with Crippen LogP contribution in [0.4, 0.5) is 4.79 Å². The maximum atomic E-state index is 13.5. The van der Waals surface area contributed by atoms with E-state index in [-0.39, 0.29) is 12.8 Å². The van der Waals surface area contributed by atoms with E-state index in [1.165, 1.54) is 19.8 Å². The van der Waals surface area contributed by atoms with Gasteiger partial charge in [0.15, 0.2) is 0 Å². The first-order valence-corrected chi connectivity index (χ1v) is 12.5. The predicted molar refractivity (Wildman–Crippen MR) is 124 cm³/mol. The highest BCUT2D eigenvalue weighted by Gasteiger charge is 2.37. The molecule has 32 heavy (non-hydrogen) atoms. The summed E-state index contributed by atoms with van der Waals surface area (Å²) in [4.78, 5) is 24.5. The van der Waals surface area contributed by atoms with Crippen LogP contribution < -0.4 is 5.32 Å². The van der Waals surface area contributed by atoms with Crippen LogP contribution in [0.3, 0.4) is 0 Å². The van der Waals surface area contributed by atoms with Crippen LogP contribution in [0.2, 0.25) is 0 Å². The van der Waals surface area contributed by atoms with E-state index in [9.17, 15) is 14.2 Å². The van der Waals surface area contributed by atoms with Gasteiger partial charge in [-0.25, -0.2) is 4.79 Å². The number of carbonyl (C=O) groups is 2. The Morgan fingerprint density at radius 1 is 0.969 bits per heavy atom. The van der Waals surface area contributed by atoms with Gasteiger partial charge < -0.3 is 19.3 Å². The molecule has 0 fully saturated rings. The van der Waals surface area contributed by atoms with Crippen molar-refractivity contribution in [3.63, 3.8) is 0 Å². The Hall–Kier alpha value is -2.63. The number of hydrogen-bond donors (Lipinski definition) is 1. The van der Waals surface area contributed by atoms with Gasteiger partial charge in [-0.3, -0.25) is 9.36 Å². The zero-order chi connectivity index (χ0) is 23.4. The molecule has 3 unspecified atom stereocenters. The minimum atomic E-state index is -3.39. The Balaban J connectivity index is 1.94. The molecular weight excluding hydrogens is 429 g/mol. The van der Waals surface area contributed by atoms with Crippen molar-refractivity contribution in [2.24, 2.45) is 5.92 Å². The van der Waals surface area contributed by atoms with Gasteiger partial charge in [-0.15, -0.1) is 0 Å². The molecule has 0 aliphatic heterocycles. The van der Waals surface area contributed by atoms with Crippen molar-refractivity contribution < 1.29 is 28.2 Å². The van der Waals surface area contributed by atoms with Gasteiger partial charge in [-0.2, -0.15) is 0 Å². The number of hydrogen-bond acceptors (Lipinski definition) is 6. The lowest BCUT2D eigenvalue weighted by Crippen LogP contribution is -2.35. The van der Waals surface area contributed by atoms with Gasteiger partial charge >= 0.3 is 12.1 Å². The molecule has 1 amide bonds. The average molecular weight is 461 g/mol. The number of benzene rings is 2.